The Hall–Kier alpha value is -2.50. The first-order valence-electron chi connectivity index (χ1n) is 6.46. The highest BCUT2D eigenvalue weighted by Crippen LogP contribution is 2.15. The molecule has 2 aromatic heterocycles. The molecule has 0 saturated carbocycles. The fraction of sp³-hybridized carbons (Fsp3) is 0.286. The van der Waals surface area contributed by atoms with Gasteiger partial charge in [0, 0.05) is 18.6 Å². The van der Waals surface area contributed by atoms with Crippen LogP contribution in [0.25, 0.3) is 22.3 Å². The Morgan fingerprint density at radius 3 is 2.65 bits per heavy atom. The Kier molecular flexibility index (Phi) is 2.85. The van der Waals surface area contributed by atoms with Crippen molar-refractivity contribution in [3.8, 4) is 11.4 Å². The van der Waals surface area contributed by atoms with Gasteiger partial charge in [-0.3, -0.25) is 4.79 Å². The van der Waals surface area contributed by atoms with E-state index in [-0.39, 0.29) is 11.5 Å². The summed E-state index contributed by atoms with van der Waals surface area (Å²) in [6.45, 7) is 3.92. The number of tetrazole rings is 1. The molecule has 0 N–H and O–H groups in total. The molecule has 0 spiro atoms. The zero-order valence-corrected chi connectivity index (χ0v) is 11.6. The highest BCUT2D eigenvalue weighted by atomic mass is 16.1. The van der Waals surface area contributed by atoms with Crippen molar-refractivity contribution in [1.82, 2.24) is 24.8 Å². The van der Waals surface area contributed by atoms with Crippen molar-refractivity contribution in [2.24, 2.45) is 7.05 Å². The third-order valence-corrected chi connectivity index (χ3v) is 3.23. The van der Waals surface area contributed by atoms with Gasteiger partial charge >= 0.3 is 0 Å². The summed E-state index contributed by atoms with van der Waals surface area (Å²) in [6.07, 6.45) is 1.76. The number of hydrogen-bond acceptors (Lipinski definition) is 4. The SMILES string of the molecule is CC(C)n1nnc(-c2cn(C)c3ccccc3c2=O)n1. The molecule has 0 aliphatic carbocycles. The molecule has 0 fully saturated rings. The molecule has 3 aromatic rings. The summed E-state index contributed by atoms with van der Waals surface area (Å²) in [5.74, 6) is 0.366. The topological polar surface area (TPSA) is 65.6 Å². The van der Waals surface area contributed by atoms with Crippen LogP contribution in [-0.2, 0) is 7.05 Å². The molecule has 0 saturated heterocycles. The van der Waals surface area contributed by atoms with Crippen molar-refractivity contribution in [1.29, 1.82) is 0 Å². The smallest absolute Gasteiger partial charge is 0.210 e. The Morgan fingerprint density at radius 2 is 1.95 bits per heavy atom. The van der Waals surface area contributed by atoms with Crippen molar-refractivity contribution >= 4 is 10.9 Å². The Morgan fingerprint density at radius 1 is 1.20 bits per heavy atom. The van der Waals surface area contributed by atoms with E-state index in [1.165, 1.54) is 4.80 Å². The number of para-hydroxylation sites is 1. The van der Waals surface area contributed by atoms with Gasteiger partial charge in [0.15, 0.2) is 0 Å². The van der Waals surface area contributed by atoms with Gasteiger partial charge in [0.2, 0.25) is 11.3 Å². The summed E-state index contributed by atoms with van der Waals surface area (Å²) in [6, 6.07) is 7.61. The molecule has 0 aliphatic rings. The third-order valence-electron chi connectivity index (χ3n) is 3.23. The summed E-state index contributed by atoms with van der Waals surface area (Å²) in [7, 11) is 1.90. The Balaban J connectivity index is 2.26. The Labute approximate surface area is 115 Å². The number of hydrogen-bond donors (Lipinski definition) is 0. The van der Waals surface area contributed by atoms with Crippen LogP contribution in [0.15, 0.2) is 35.3 Å². The van der Waals surface area contributed by atoms with Gasteiger partial charge in [0.05, 0.1) is 17.1 Å². The zero-order valence-electron chi connectivity index (χ0n) is 11.6. The lowest BCUT2D eigenvalue weighted by atomic mass is 10.1. The van der Waals surface area contributed by atoms with Crippen molar-refractivity contribution in [2.45, 2.75) is 19.9 Å². The highest BCUT2D eigenvalue weighted by Gasteiger charge is 2.14. The molecule has 3 rings (SSSR count). The minimum atomic E-state index is -0.0676. The predicted molar refractivity (Wildman–Crippen MR) is 76.4 cm³/mol. The monoisotopic (exact) mass is 269 g/mol. The lowest BCUT2D eigenvalue weighted by Gasteiger charge is -2.06. The van der Waals surface area contributed by atoms with Gasteiger partial charge in [-0.25, -0.2) is 0 Å². The molecule has 0 radical (unpaired) electrons. The van der Waals surface area contributed by atoms with Crippen molar-refractivity contribution in [3.05, 3.63) is 40.7 Å². The third kappa shape index (κ3) is 1.89. The number of rotatable bonds is 2. The maximum Gasteiger partial charge on any atom is 0.210 e. The fourth-order valence-corrected chi connectivity index (χ4v) is 2.15. The standard InChI is InChI=1S/C14H15N5O/c1-9(2)19-16-14(15-17-19)11-8-18(3)12-7-5-4-6-10(12)13(11)20/h4-9H,1-3H3. The molecule has 6 nitrogen and oxygen atoms in total. The first-order valence-corrected chi connectivity index (χ1v) is 6.46. The minimum Gasteiger partial charge on any atom is -0.350 e. The summed E-state index contributed by atoms with van der Waals surface area (Å²) < 4.78 is 1.90. The van der Waals surface area contributed by atoms with Gasteiger partial charge in [-0.2, -0.15) is 4.80 Å². The predicted octanol–water partition coefficient (Wildman–Crippen LogP) is 1.77. The summed E-state index contributed by atoms with van der Waals surface area (Å²) in [5, 5.41) is 12.9. The van der Waals surface area contributed by atoms with Crippen LogP contribution in [0.1, 0.15) is 19.9 Å². The first-order chi connectivity index (χ1) is 9.58. The van der Waals surface area contributed by atoms with Crippen LogP contribution in [0.3, 0.4) is 0 Å². The molecule has 1 aromatic carbocycles. The van der Waals surface area contributed by atoms with Crippen LogP contribution in [-0.4, -0.2) is 24.8 Å². The lowest BCUT2D eigenvalue weighted by molar-refractivity contribution is 0.455. The second-order valence-electron chi connectivity index (χ2n) is 5.03. The molecule has 2 heterocycles. The quantitative estimate of drug-likeness (QED) is 0.711. The van der Waals surface area contributed by atoms with E-state index in [2.05, 4.69) is 15.4 Å². The minimum absolute atomic E-state index is 0.0676. The number of nitrogens with zero attached hydrogens (tertiary/aromatic N) is 5. The Bertz CT molecular complexity index is 831. The van der Waals surface area contributed by atoms with E-state index >= 15 is 0 Å². The van der Waals surface area contributed by atoms with E-state index in [9.17, 15) is 4.79 Å². The largest absolute Gasteiger partial charge is 0.350 e. The normalized spacial score (nSPS) is 11.4. The van der Waals surface area contributed by atoms with Gasteiger partial charge < -0.3 is 4.57 Å². The van der Waals surface area contributed by atoms with E-state index in [0.717, 1.165) is 5.52 Å². The fourth-order valence-electron chi connectivity index (χ4n) is 2.15. The average Bonchev–Trinajstić information content (AvgIpc) is 2.93. The molecular formula is C14H15N5O. The molecule has 20 heavy (non-hydrogen) atoms. The second kappa shape index (κ2) is 4.56. The average molecular weight is 269 g/mol. The van der Waals surface area contributed by atoms with Crippen molar-refractivity contribution < 1.29 is 0 Å². The molecule has 0 bridgehead atoms. The van der Waals surface area contributed by atoms with Crippen LogP contribution in [0.5, 0.6) is 0 Å². The maximum absolute atomic E-state index is 12.5. The van der Waals surface area contributed by atoms with Gasteiger partial charge in [-0.05, 0) is 31.2 Å². The summed E-state index contributed by atoms with van der Waals surface area (Å²) in [5.41, 5.74) is 1.29. The summed E-state index contributed by atoms with van der Waals surface area (Å²) >= 11 is 0. The highest BCUT2D eigenvalue weighted by molar-refractivity contribution is 5.82. The second-order valence-corrected chi connectivity index (χ2v) is 5.03. The van der Waals surface area contributed by atoms with Crippen LogP contribution >= 0.6 is 0 Å². The van der Waals surface area contributed by atoms with Crippen molar-refractivity contribution in [3.63, 3.8) is 0 Å². The number of fused-ring (bicyclic) bond motifs is 1. The van der Waals surface area contributed by atoms with E-state index in [1.54, 1.807) is 6.20 Å². The van der Waals surface area contributed by atoms with Crippen molar-refractivity contribution in [2.75, 3.05) is 0 Å². The van der Waals surface area contributed by atoms with E-state index in [0.29, 0.717) is 16.8 Å². The van der Waals surface area contributed by atoms with Crippen LogP contribution in [0.2, 0.25) is 0 Å². The number of aryl methyl sites for hydroxylation is 1. The van der Waals surface area contributed by atoms with Crippen LogP contribution in [0, 0.1) is 0 Å². The van der Waals surface area contributed by atoms with Crippen LogP contribution in [0.4, 0.5) is 0 Å². The molecule has 0 atom stereocenters. The molecule has 0 aliphatic heterocycles. The van der Waals surface area contributed by atoms with Gasteiger partial charge in [0.1, 0.15) is 0 Å². The maximum atomic E-state index is 12.5. The number of pyridine rings is 1. The molecule has 102 valence electrons. The first kappa shape index (κ1) is 12.5. The van der Waals surface area contributed by atoms with Gasteiger partial charge in [-0.1, -0.05) is 12.1 Å². The number of aromatic nitrogens is 5. The molecular weight excluding hydrogens is 254 g/mol. The molecule has 6 heteroatoms. The zero-order chi connectivity index (χ0) is 14.3. The van der Waals surface area contributed by atoms with E-state index < -0.39 is 0 Å². The lowest BCUT2D eigenvalue weighted by Crippen LogP contribution is -2.11. The van der Waals surface area contributed by atoms with Gasteiger partial charge in [0.25, 0.3) is 0 Å². The van der Waals surface area contributed by atoms with Gasteiger partial charge in [-0.15, -0.1) is 10.2 Å². The van der Waals surface area contributed by atoms with E-state index in [4.69, 9.17) is 0 Å². The molecule has 0 amide bonds. The number of benzene rings is 1. The van der Waals surface area contributed by atoms with Crippen LogP contribution < -0.4 is 5.43 Å². The molecule has 0 unspecified atom stereocenters. The summed E-state index contributed by atoms with van der Waals surface area (Å²) in [4.78, 5) is 14.0. The van der Waals surface area contributed by atoms with E-state index in [1.807, 2.05) is 49.7 Å².